The predicted octanol–water partition coefficient (Wildman–Crippen LogP) is 5.19. The number of likely N-dealkylation sites (N-methyl/N-ethyl adjacent to an activating group) is 1. The summed E-state index contributed by atoms with van der Waals surface area (Å²) in [6.45, 7) is 7.94. The number of hydrogen-bond donors (Lipinski definition) is 1. The molecule has 0 radical (unpaired) electrons. The van der Waals surface area contributed by atoms with E-state index in [0.717, 1.165) is 15.4 Å². The Balaban J connectivity index is 2.05. The van der Waals surface area contributed by atoms with Gasteiger partial charge >= 0.3 is 0 Å². The number of nitrogens with zero attached hydrogens (tertiary/aromatic N) is 2. The van der Waals surface area contributed by atoms with Crippen molar-refractivity contribution in [2.75, 3.05) is 24.0 Å². The molecule has 0 aliphatic carbocycles. The lowest BCUT2D eigenvalue weighted by molar-refractivity contribution is -0.140. The summed E-state index contributed by atoms with van der Waals surface area (Å²) in [5.74, 6) is -0.228. The summed E-state index contributed by atoms with van der Waals surface area (Å²) in [4.78, 5) is 28.4. The summed E-state index contributed by atoms with van der Waals surface area (Å²) in [5, 5.41) is 3.19. The maximum absolute atomic E-state index is 14.0. The van der Waals surface area contributed by atoms with Crippen LogP contribution in [-0.2, 0) is 26.2 Å². The van der Waals surface area contributed by atoms with Crippen LogP contribution in [0.3, 0.4) is 0 Å². The summed E-state index contributed by atoms with van der Waals surface area (Å²) in [7, 11) is -4.18. The Morgan fingerprint density at radius 2 is 1.55 bits per heavy atom. The van der Waals surface area contributed by atoms with Gasteiger partial charge in [0.2, 0.25) is 11.8 Å². The molecule has 10 heteroatoms. The number of aryl methyl sites for hydroxylation is 1. The van der Waals surface area contributed by atoms with Crippen molar-refractivity contribution in [3.63, 3.8) is 0 Å². The van der Waals surface area contributed by atoms with E-state index in [1.165, 1.54) is 29.2 Å². The molecule has 0 aliphatic heterocycles. The van der Waals surface area contributed by atoms with Gasteiger partial charge in [-0.25, -0.2) is 8.42 Å². The van der Waals surface area contributed by atoms with Crippen LogP contribution in [-0.4, -0.2) is 50.9 Å². The number of halogens is 1. The van der Waals surface area contributed by atoms with Crippen LogP contribution in [0.1, 0.15) is 38.3 Å². The number of carbonyl (C=O) groups is 2. The zero-order valence-electron chi connectivity index (χ0n) is 23.3. The summed E-state index contributed by atoms with van der Waals surface area (Å²) < 4.78 is 34.3. The molecule has 1 atom stereocenters. The van der Waals surface area contributed by atoms with Crippen molar-refractivity contribution in [3.8, 4) is 5.75 Å². The van der Waals surface area contributed by atoms with E-state index < -0.39 is 28.5 Å². The molecule has 8 nitrogen and oxygen atoms in total. The fourth-order valence-corrected chi connectivity index (χ4v) is 5.78. The lowest BCUT2D eigenvalue weighted by atomic mass is 10.1. The molecule has 3 aromatic rings. The summed E-state index contributed by atoms with van der Waals surface area (Å²) >= 11 is 6.00. The average molecular weight is 586 g/mol. The molecule has 40 heavy (non-hydrogen) atoms. The molecule has 0 aliphatic rings. The molecular weight excluding hydrogens is 550 g/mol. The van der Waals surface area contributed by atoms with Gasteiger partial charge in [-0.2, -0.15) is 0 Å². The Morgan fingerprint density at radius 1 is 0.925 bits per heavy atom. The molecule has 0 bridgehead atoms. The van der Waals surface area contributed by atoms with Crippen molar-refractivity contribution in [1.29, 1.82) is 0 Å². The van der Waals surface area contributed by atoms with E-state index in [2.05, 4.69) is 5.32 Å². The highest BCUT2D eigenvalue weighted by Gasteiger charge is 2.33. The van der Waals surface area contributed by atoms with Crippen molar-refractivity contribution >= 4 is 39.1 Å². The highest BCUT2D eigenvalue weighted by Crippen LogP contribution is 2.27. The van der Waals surface area contributed by atoms with E-state index in [1.807, 2.05) is 52.0 Å². The fourth-order valence-electron chi connectivity index (χ4n) is 4.24. The van der Waals surface area contributed by atoms with Gasteiger partial charge in [0.15, 0.2) is 0 Å². The molecule has 214 valence electrons. The van der Waals surface area contributed by atoms with E-state index in [9.17, 15) is 18.0 Å². The fraction of sp³-hybridized carbons (Fsp3) is 0.333. The first-order valence-electron chi connectivity index (χ1n) is 13.2. The Bertz CT molecular complexity index is 1380. The van der Waals surface area contributed by atoms with E-state index in [1.54, 1.807) is 24.3 Å². The molecule has 0 spiro atoms. The standard InChI is InChI=1S/C30H36ClN3O5S/c1-5-28(30(36)32-6-2)33(20-23-10-8-22(4)9-11-23)29(35)21-34(25-14-16-26(17-15-25)39-7-3)40(37,38)27-18-12-24(31)13-19-27/h8-19,28H,5-7,20-21H2,1-4H3,(H,32,36). The molecule has 1 unspecified atom stereocenters. The largest absolute Gasteiger partial charge is 0.494 e. The number of benzene rings is 3. The topological polar surface area (TPSA) is 96.0 Å². The number of amides is 2. The predicted molar refractivity (Wildman–Crippen MR) is 158 cm³/mol. The van der Waals surface area contributed by atoms with Crippen molar-refractivity contribution < 1.29 is 22.7 Å². The number of anilines is 1. The second-order valence-electron chi connectivity index (χ2n) is 9.22. The molecule has 3 aromatic carbocycles. The minimum absolute atomic E-state index is 0.0144. The number of rotatable bonds is 13. The summed E-state index contributed by atoms with van der Waals surface area (Å²) in [5.41, 5.74) is 2.18. The van der Waals surface area contributed by atoms with Crippen LogP contribution in [0, 0.1) is 6.92 Å². The van der Waals surface area contributed by atoms with E-state index in [4.69, 9.17) is 16.3 Å². The SMILES string of the molecule is CCNC(=O)C(CC)N(Cc1ccc(C)cc1)C(=O)CN(c1ccc(OCC)cc1)S(=O)(=O)c1ccc(Cl)cc1. The molecular formula is C30H36ClN3O5S. The van der Waals surface area contributed by atoms with Gasteiger partial charge in [-0.1, -0.05) is 48.4 Å². The van der Waals surface area contributed by atoms with Crippen LogP contribution < -0.4 is 14.4 Å². The van der Waals surface area contributed by atoms with Gasteiger partial charge in [-0.15, -0.1) is 0 Å². The first kappa shape index (κ1) is 31.0. The van der Waals surface area contributed by atoms with Gasteiger partial charge in [-0.05, 0) is 81.3 Å². The van der Waals surface area contributed by atoms with Crippen LogP contribution >= 0.6 is 11.6 Å². The molecule has 1 N–H and O–H groups in total. The molecule has 0 fully saturated rings. The smallest absolute Gasteiger partial charge is 0.264 e. The van der Waals surface area contributed by atoms with Crippen molar-refractivity contribution in [1.82, 2.24) is 10.2 Å². The first-order valence-corrected chi connectivity index (χ1v) is 15.1. The van der Waals surface area contributed by atoms with Gasteiger partial charge in [0.25, 0.3) is 10.0 Å². The molecule has 2 amide bonds. The number of hydrogen-bond acceptors (Lipinski definition) is 5. The number of carbonyl (C=O) groups excluding carboxylic acids is 2. The van der Waals surface area contributed by atoms with Crippen molar-refractivity contribution in [2.45, 2.75) is 51.6 Å². The second-order valence-corrected chi connectivity index (χ2v) is 11.5. The third-order valence-corrected chi connectivity index (χ3v) is 8.37. The second kappa shape index (κ2) is 14.2. The number of nitrogens with one attached hydrogen (secondary N) is 1. The minimum atomic E-state index is -4.18. The molecule has 0 heterocycles. The van der Waals surface area contributed by atoms with Crippen LogP contribution in [0.25, 0.3) is 0 Å². The monoisotopic (exact) mass is 585 g/mol. The normalized spacial score (nSPS) is 11.9. The van der Waals surface area contributed by atoms with E-state index >= 15 is 0 Å². The minimum Gasteiger partial charge on any atom is -0.494 e. The maximum atomic E-state index is 14.0. The first-order chi connectivity index (χ1) is 19.1. The van der Waals surface area contributed by atoms with Crippen LogP contribution in [0.4, 0.5) is 5.69 Å². The van der Waals surface area contributed by atoms with Crippen LogP contribution in [0.15, 0.2) is 77.7 Å². The lowest BCUT2D eigenvalue weighted by Gasteiger charge is -2.33. The van der Waals surface area contributed by atoms with Crippen molar-refractivity contribution in [3.05, 3.63) is 88.9 Å². The third-order valence-electron chi connectivity index (χ3n) is 6.33. The van der Waals surface area contributed by atoms with E-state index in [-0.39, 0.29) is 23.0 Å². The summed E-state index contributed by atoms with van der Waals surface area (Å²) in [6, 6.07) is 19.1. The number of sulfonamides is 1. The maximum Gasteiger partial charge on any atom is 0.264 e. The van der Waals surface area contributed by atoms with Crippen LogP contribution in [0.2, 0.25) is 5.02 Å². The van der Waals surface area contributed by atoms with Gasteiger partial charge in [0.1, 0.15) is 18.3 Å². The zero-order valence-corrected chi connectivity index (χ0v) is 24.8. The average Bonchev–Trinajstić information content (AvgIpc) is 2.93. The van der Waals surface area contributed by atoms with Crippen LogP contribution in [0.5, 0.6) is 5.75 Å². The summed E-state index contributed by atoms with van der Waals surface area (Å²) in [6.07, 6.45) is 0.358. The Kier molecular flexibility index (Phi) is 11.0. The Hall–Kier alpha value is -3.56. The van der Waals surface area contributed by atoms with Gasteiger partial charge in [0.05, 0.1) is 17.2 Å². The molecule has 3 rings (SSSR count). The Labute approximate surface area is 241 Å². The van der Waals surface area contributed by atoms with Gasteiger partial charge in [0, 0.05) is 18.1 Å². The zero-order chi connectivity index (χ0) is 29.3. The third kappa shape index (κ3) is 7.76. The van der Waals surface area contributed by atoms with Crippen molar-refractivity contribution in [2.24, 2.45) is 0 Å². The quantitative estimate of drug-likeness (QED) is 0.298. The van der Waals surface area contributed by atoms with E-state index in [0.29, 0.717) is 30.3 Å². The van der Waals surface area contributed by atoms with Gasteiger partial charge in [-0.3, -0.25) is 13.9 Å². The molecule has 0 aromatic heterocycles. The number of ether oxygens (including phenoxy) is 1. The van der Waals surface area contributed by atoms with Gasteiger partial charge < -0.3 is 15.0 Å². The Morgan fingerprint density at radius 3 is 2.10 bits per heavy atom. The molecule has 0 saturated heterocycles. The lowest BCUT2D eigenvalue weighted by Crippen LogP contribution is -2.52. The highest BCUT2D eigenvalue weighted by atomic mass is 35.5. The highest BCUT2D eigenvalue weighted by molar-refractivity contribution is 7.92. The molecule has 0 saturated carbocycles.